The zero-order valence-corrected chi connectivity index (χ0v) is 9.71. The summed E-state index contributed by atoms with van der Waals surface area (Å²) in [6.45, 7) is 0.608. The molecule has 0 aliphatic rings. The van der Waals surface area contributed by atoms with E-state index in [-0.39, 0.29) is 5.95 Å². The fraction of sp³-hybridized carbons (Fsp3) is 0.444. The SMILES string of the molecule is Cc1nn(C)cc1-c1nc(NCC(F)(F)F)n[nH]1. The van der Waals surface area contributed by atoms with Gasteiger partial charge in [0.2, 0.25) is 5.95 Å². The van der Waals surface area contributed by atoms with Crippen molar-refractivity contribution in [2.45, 2.75) is 13.1 Å². The van der Waals surface area contributed by atoms with Gasteiger partial charge >= 0.3 is 6.18 Å². The molecule has 98 valence electrons. The first-order chi connectivity index (χ1) is 8.35. The predicted molar refractivity (Wildman–Crippen MR) is 57.9 cm³/mol. The topological polar surface area (TPSA) is 71.4 Å². The number of nitrogens with one attached hydrogen (secondary N) is 2. The molecule has 2 aromatic rings. The molecule has 0 bridgehead atoms. The first-order valence-corrected chi connectivity index (χ1v) is 5.09. The fourth-order valence-electron chi connectivity index (χ4n) is 1.47. The Morgan fingerprint density at radius 1 is 1.44 bits per heavy atom. The van der Waals surface area contributed by atoms with E-state index in [0.29, 0.717) is 11.4 Å². The molecule has 0 fully saturated rings. The summed E-state index contributed by atoms with van der Waals surface area (Å²) in [6, 6.07) is 0. The highest BCUT2D eigenvalue weighted by atomic mass is 19.4. The van der Waals surface area contributed by atoms with Crippen LogP contribution in [0.2, 0.25) is 0 Å². The number of H-pyrrole nitrogens is 1. The number of aromatic nitrogens is 5. The van der Waals surface area contributed by atoms with Gasteiger partial charge in [-0.3, -0.25) is 9.78 Å². The van der Waals surface area contributed by atoms with Crippen LogP contribution in [0.1, 0.15) is 5.69 Å². The van der Waals surface area contributed by atoms with Crippen LogP contribution in [0.25, 0.3) is 11.4 Å². The Hall–Kier alpha value is -2.06. The molecule has 9 heteroatoms. The Morgan fingerprint density at radius 2 is 2.17 bits per heavy atom. The van der Waals surface area contributed by atoms with Crippen LogP contribution in [0.4, 0.5) is 19.1 Å². The molecule has 0 saturated carbocycles. The van der Waals surface area contributed by atoms with Crippen molar-refractivity contribution in [1.29, 1.82) is 0 Å². The van der Waals surface area contributed by atoms with Gasteiger partial charge in [0.1, 0.15) is 6.54 Å². The van der Waals surface area contributed by atoms with E-state index >= 15 is 0 Å². The number of hydrogen-bond donors (Lipinski definition) is 2. The summed E-state index contributed by atoms with van der Waals surface area (Å²) in [5.74, 6) is 0.288. The first-order valence-electron chi connectivity index (χ1n) is 5.09. The summed E-state index contributed by atoms with van der Waals surface area (Å²) in [4.78, 5) is 3.93. The molecule has 6 nitrogen and oxygen atoms in total. The van der Waals surface area contributed by atoms with Crippen LogP contribution >= 0.6 is 0 Å². The van der Waals surface area contributed by atoms with Gasteiger partial charge in [-0.25, -0.2) is 0 Å². The number of nitrogens with zero attached hydrogens (tertiary/aromatic N) is 4. The third-order valence-electron chi connectivity index (χ3n) is 2.20. The smallest absolute Gasteiger partial charge is 0.344 e. The number of aromatic amines is 1. The van der Waals surface area contributed by atoms with Crippen LogP contribution in [0.5, 0.6) is 0 Å². The molecule has 0 amide bonds. The Bertz CT molecular complexity index is 541. The molecular formula is C9H11F3N6. The van der Waals surface area contributed by atoms with Gasteiger partial charge in [0.25, 0.3) is 0 Å². The van der Waals surface area contributed by atoms with E-state index in [1.54, 1.807) is 24.9 Å². The lowest BCUT2D eigenvalue weighted by molar-refractivity contribution is -0.115. The van der Waals surface area contributed by atoms with E-state index in [1.807, 2.05) is 0 Å². The monoisotopic (exact) mass is 260 g/mol. The maximum Gasteiger partial charge on any atom is 0.405 e. The van der Waals surface area contributed by atoms with Crippen molar-refractivity contribution in [2.24, 2.45) is 7.05 Å². The van der Waals surface area contributed by atoms with Crippen LogP contribution in [0.15, 0.2) is 6.20 Å². The normalized spacial score (nSPS) is 11.8. The Labute approximate surface area is 100 Å². The van der Waals surface area contributed by atoms with Crippen molar-refractivity contribution < 1.29 is 13.2 Å². The van der Waals surface area contributed by atoms with Crippen molar-refractivity contribution in [1.82, 2.24) is 25.0 Å². The van der Waals surface area contributed by atoms with Gasteiger partial charge in [-0.2, -0.15) is 23.3 Å². The van der Waals surface area contributed by atoms with Crippen molar-refractivity contribution in [3.8, 4) is 11.4 Å². The zero-order chi connectivity index (χ0) is 13.3. The fourth-order valence-corrected chi connectivity index (χ4v) is 1.47. The Morgan fingerprint density at radius 3 is 2.72 bits per heavy atom. The summed E-state index contributed by atoms with van der Waals surface area (Å²) >= 11 is 0. The minimum Gasteiger partial charge on any atom is -0.344 e. The molecule has 0 aliphatic carbocycles. The third-order valence-corrected chi connectivity index (χ3v) is 2.20. The molecule has 0 aliphatic heterocycles. The average molecular weight is 260 g/mol. The van der Waals surface area contributed by atoms with Crippen molar-refractivity contribution in [3.05, 3.63) is 11.9 Å². The van der Waals surface area contributed by atoms with Gasteiger partial charge in [-0.05, 0) is 6.92 Å². The van der Waals surface area contributed by atoms with Gasteiger partial charge in [-0.1, -0.05) is 0 Å². The van der Waals surface area contributed by atoms with E-state index in [1.165, 1.54) is 0 Å². The van der Waals surface area contributed by atoms with Crippen molar-refractivity contribution in [3.63, 3.8) is 0 Å². The highest BCUT2D eigenvalue weighted by Gasteiger charge is 2.27. The summed E-state index contributed by atoms with van der Waals surface area (Å²) in [7, 11) is 1.75. The number of anilines is 1. The standard InChI is InChI=1S/C9H11F3N6/c1-5-6(3-18(2)17-5)7-14-8(16-15-7)13-4-9(10,11)12/h3H,4H2,1-2H3,(H2,13,14,15,16). The van der Waals surface area contributed by atoms with Crippen LogP contribution < -0.4 is 5.32 Å². The molecule has 2 aromatic heterocycles. The van der Waals surface area contributed by atoms with Crippen LogP contribution in [0.3, 0.4) is 0 Å². The van der Waals surface area contributed by atoms with Crippen LogP contribution in [-0.2, 0) is 7.05 Å². The number of hydrogen-bond acceptors (Lipinski definition) is 4. The second-order valence-electron chi connectivity index (χ2n) is 3.78. The minimum atomic E-state index is -4.30. The lowest BCUT2D eigenvalue weighted by Gasteiger charge is -2.04. The molecule has 2 heterocycles. The second kappa shape index (κ2) is 4.31. The van der Waals surface area contributed by atoms with E-state index in [0.717, 1.165) is 5.69 Å². The van der Waals surface area contributed by atoms with E-state index in [9.17, 15) is 13.2 Å². The predicted octanol–water partition coefficient (Wildman–Crippen LogP) is 1.49. The Kier molecular flexibility index (Phi) is 2.97. The number of halogens is 3. The molecule has 0 aromatic carbocycles. The molecule has 0 atom stereocenters. The molecule has 2 rings (SSSR count). The second-order valence-corrected chi connectivity index (χ2v) is 3.78. The molecule has 0 spiro atoms. The number of alkyl halides is 3. The van der Waals surface area contributed by atoms with E-state index < -0.39 is 12.7 Å². The molecule has 2 N–H and O–H groups in total. The quantitative estimate of drug-likeness (QED) is 0.877. The molecule has 0 radical (unpaired) electrons. The summed E-state index contributed by atoms with van der Waals surface area (Å²) < 4.78 is 37.6. The maximum absolute atomic E-state index is 12.0. The van der Waals surface area contributed by atoms with Crippen LogP contribution in [-0.4, -0.2) is 37.7 Å². The highest BCUT2D eigenvalue weighted by molar-refractivity contribution is 5.57. The summed E-state index contributed by atoms with van der Waals surface area (Å²) in [5, 5.41) is 12.4. The van der Waals surface area contributed by atoms with E-state index in [4.69, 9.17) is 0 Å². The van der Waals surface area contributed by atoms with Gasteiger partial charge < -0.3 is 5.32 Å². The summed E-state index contributed by atoms with van der Waals surface area (Å²) in [6.07, 6.45) is -2.59. The highest BCUT2D eigenvalue weighted by Crippen LogP contribution is 2.20. The lowest BCUT2D eigenvalue weighted by atomic mass is 10.2. The molecule has 0 saturated heterocycles. The molecular weight excluding hydrogens is 249 g/mol. The van der Waals surface area contributed by atoms with Crippen molar-refractivity contribution >= 4 is 5.95 Å². The third kappa shape index (κ3) is 2.79. The zero-order valence-electron chi connectivity index (χ0n) is 9.71. The largest absolute Gasteiger partial charge is 0.405 e. The van der Waals surface area contributed by atoms with Gasteiger partial charge in [0.15, 0.2) is 5.82 Å². The molecule has 18 heavy (non-hydrogen) atoms. The Balaban J connectivity index is 2.13. The average Bonchev–Trinajstić information content (AvgIpc) is 2.81. The molecule has 0 unspecified atom stereocenters. The summed E-state index contributed by atoms with van der Waals surface area (Å²) in [5.41, 5.74) is 1.42. The van der Waals surface area contributed by atoms with Gasteiger partial charge in [0, 0.05) is 13.2 Å². The number of aryl methyl sites for hydroxylation is 2. The van der Waals surface area contributed by atoms with Gasteiger partial charge in [0.05, 0.1) is 11.3 Å². The number of rotatable bonds is 3. The van der Waals surface area contributed by atoms with Gasteiger partial charge in [-0.15, -0.1) is 5.10 Å². The van der Waals surface area contributed by atoms with Crippen LogP contribution in [0, 0.1) is 6.92 Å². The van der Waals surface area contributed by atoms with E-state index in [2.05, 4.69) is 25.6 Å². The maximum atomic E-state index is 12.0. The first kappa shape index (κ1) is 12.4. The van der Waals surface area contributed by atoms with Crippen molar-refractivity contribution in [2.75, 3.05) is 11.9 Å². The lowest BCUT2D eigenvalue weighted by Crippen LogP contribution is -2.21. The minimum absolute atomic E-state index is 0.0921.